The molecule has 2 rings (SSSR count). The van der Waals surface area contributed by atoms with Gasteiger partial charge in [-0.15, -0.1) is 0 Å². The van der Waals surface area contributed by atoms with Crippen LogP contribution in [0.1, 0.15) is 42.0 Å². The molecule has 3 N–H and O–H groups in total. The van der Waals surface area contributed by atoms with E-state index in [2.05, 4.69) is 9.97 Å². The predicted molar refractivity (Wildman–Crippen MR) is 94.3 cm³/mol. The third-order valence-electron chi connectivity index (χ3n) is 3.32. The van der Waals surface area contributed by atoms with Gasteiger partial charge in [-0.3, -0.25) is 15.2 Å². The number of nitrogens with two attached hydrogens (primary N) is 1. The van der Waals surface area contributed by atoms with Crippen molar-refractivity contribution in [1.82, 2.24) is 9.97 Å². The molecule has 0 radical (unpaired) electrons. The first-order valence-corrected chi connectivity index (χ1v) is 8.08. The molecule has 2 aromatic heterocycles. The molecule has 0 atom stereocenters. The van der Waals surface area contributed by atoms with E-state index in [0.29, 0.717) is 11.3 Å². The molecular weight excluding hydrogens is 327 g/mol. The van der Waals surface area contributed by atoms with E-state index in [9.17, 15) is 9.18 Å². The second kappa shape index (κ2) is 7.83. The first-order chi connectivity index (χ1) is 11.4. The van der Waals surface area contributed by atoms with Crippen LogP contribution in [0, 0.1) is 11.2 Å². The summed E-state index contributed by atoms with van der Waals surface area (Å²) in [7, 11) is 0. The number of rotatable bonds is 5. The van der Waals surface area contributed by atoms with Crippen LogP contribution in [0.2, 0.25) is 0 Å². The number of primary amides is 1. The van der Waals surface area contributed by atoms with Crippen molar-refractivity contribution in [2.75, 3.05) is 0 Å². The van der Waals surface area contributed by atoms with Crippen molar-refractivity contribution in [2.45, 2.75) is 20.3 Å². The summed E-state index contributed by atoms with van der Waals surface area (Å²) in [4.78, 5) is 19.9. The molecule has 7 heteroatoms. The Labute approximate surface area is 143 Å². The zero-order chi connectivity index (χ0) is 17.7. The Bertz CT molecular complexity index is 820. The van der Waals surface area contributed by atoms with E-state index in [0.717, 1.165) is 34.9 Å². The summed E-state index contributed by atoms with van der Waals surface area (Å²) in [5, 5.41) is 8.41. The lowest BCUT2D eigenvalue weighted by Gasteiger charge is -2.12. The molecule has 2 aromatic rings. The largest absolute Gasteiger partial charge is 0.364 e. The van der Waals surface area contributed by atoms with Crippen LogP contribution < -0.4 is 5.73 Å². The van der Waals surface area contributed by atoms with Crippen molar-refractivity contribution in [3.8, 4) is 0 Å². The quantitative estimate of drug-likeness (QED) is 0.640. The van der Waals surface area contributed by atoms with Crippen molar-refractivity contribution < 1.29 is 9.18 Å². The van der Waals surface area contributed by atoms with Crippen LogP contribution in [0.25, 0.3) is 4.91 Å². The van der Waals surface area contributed by atoms with E-state index in [1.807, 2.05) is 13.8 Å². The highest BCUT2D eigenvalue weighted by molar-refractivity contribution is 8.22. The number of pyridine rings is 2. The standard InChI is InChI=1S/C17H17FN4OS/c1-3-10(2)15(11-7-12(18)9-21-8-11)24-17(20)14-6-4-5-13(22-14)16(19)23/h4-9,20H,3H2,1-2H3,(H2,19,23). The van der Waals surface area contributed by atoms with E-state index in [-0.39, 0.29) is 10.7 Å². The number of nitrogens with one attached hydrogen (secondary N) is 1. The molecule has 24 heavy (non-hydrogen) atoms. The summed E-state index contributed by atoms with van der Waals surface area (Å²) < 4.78 is 13.5. The Morgan fingerprint density at radius 3 is 2.67 bits per heavy atom. The highest BCUT2D eigenvalue weighted by Gasteiger charge is 2.14. The lowest BCUT2D eigenvalue weighted by molar-refractivity contribution is 0.0995. The Morgan fingerprint density at radius 1 is 1.33 bits per heavy atom. The van der Waals surface area contributed by atoms with Crippen molar-refractivity contribution in [3.05, 3.63) is 65.0 Å². The molecule has 124 valence electrons. The number of aromatic nitrogens is 2. The fraction of sp³-hybridized carbons (Fsp3) is 0.176. The number of amides is 1. The number of thioether (sulfide) groups is 1. The number of hydrogen-bond donors (Lipinski definition) is 2. The van der Waals surface area contributed by atoms with Gasteiger partial charge in [-0.05, 0) is 31.5 Å². The van der Waals surface area contributed by atoms with Gasteiger partial charge in [0.1, 0.15) is 16.6 Å². The molecule has 0 aliphatic heterocycles. The molecule has 0 fully saturated rings. The molecule has 1 amide bonds. The summed E-state index contributed by atoms with van der Waals surface area (Å²) in [6.07, 6.45) is 3.45. The first-order valence-electron chi connectivity index (χ1n) is 7.26. The van der Waals surface area contributed by atoms with Crippen molar-refractivity contribution in [2.24, 2.45) is 5.73 Å². The maximum Gasteiger partial charge on any atom is 0.267 e. The maximum atomic E-state index is 13.5. The minimum absolute atomic E-state index is 0.100. The molecule has 0 bridgehead atoms. The normalized spacial score (nSPS) is 11.8. The highest BCUT2D eigenvalue weighted by atomic mass is 32.2. The van der Waals surface area contributed by atoms with Crippen molar-refractivity contribution in [1.29, 1.82) is 5.41 Å². The third-order valence-corrected chi connectivity index (χ3v) is 4.52. The van der Waals surface area contributed by atoms with Crippen LogP contribution in [0.3, 0.4) is 0 Å². The minimum atomic E-state index is -0.649. The fourth-order valence-electron chi connectivity index (χ4n) is 1.94. The Morgan fingerprint density at radius 2 is 2.04 bits per heavy atom. The summed E-state index contributed by atoms with van der Waals surface area (Å²) in [6, 6.07) is 6.13. The lowest BCUT2D eigenvalue weighted by atomic mass is 10.1. The SMILES string of the molecule is CCC(C)=C(SC(=N)c1cccc(C(N)=O)n1)c1cncc(F)c1. The van der Waals surface area contributed by atoms with Gasteiger partial charge in [0.05, 0.1) is 11.9 Å². The monoisotopic (exact) mass is 344 g/mol. The van der Waals surface area contributed by atoms with Gasteiger partial charge in [-0.25, -0.2) is 9.37 Å². The summed E-state index contributed by atoms with van der Waals surface area (Å²) in [6.45, 7) is 3.91. The van der Waals surface area contributed by atoms with E-state index in [1.54, 1.807) is 18.3 Å². The van der Waals surface area contributed by atoms with Gasteiger partial charge in [0.25, 0.3) is 5.91 Å². The van der Waals surface area contributed by atoms with Crippen molar-refractivity contribution in [3.63, 3.8) is 0 Å². The zero-order valence-electron chi connectivity index (χ0n) is 13.3. The molecule has 0 spiro atoms. The molecule has 0 aliphatic rings. The summed E-state index contributed by atoms with van der Waals surface area (Å²) in [5.74, 6) is -1.08. The smallest absolute Gasteiger partial charge is 0.267 e. The van der Waals surface area contributed by atoms with E-state index in [1.165, 1.54) is 12.1 Å². The zero-order valence-corrected chi connectivity index (χ0v) is 14.2. The third kappa shape index (κ3) is 4.26. The summed E-state index contributed by atoms with van der Waals surface area (Å²) in [5.41, 5.74) is 7.27. The first kappa shape index (κ1) is 17.8. The fourth-order valence-corrected chi connectivity index (χ4v) is 2.91. The molecule has 0 aromatic carbocycles. The van der Waals surface area contributed by atoms with Crippen LogP contribution in [0.5, 0.6) is 0 Å². The number of carbonyl (C=O) groups is 1. The Hall–Kier alpha value is -2.54. The Kier molecular flexibility index (Phi) is 5.81. The van der Waals surface area contributed by atoms with Gasteiger partial charge >= 0.3 is 0 Å². The molecule has 0 saturated carbocycles. The average Bonchev–Trinajstić information content (AvgIpc) is 2.58. The molecule has 0 saturated heterocycles. The van der Waals surface area contributed by atoms with E-state index < -0.39 is 11.7 Å². The van der Waals surface area contributed by atoms with Gasteiger partial charge in [-0.2, -0.15) is 0 Å². The van der Waals surface area contributed by atoms with Gasteiger partial charge in [0, 0.05) is 16.7 Å². The van der Waals surface area contributed by atoms with Crippen molar-refractivity contribution >= 4 is 27.6 Å². The number of carbonyl (C=O) groups excluding carboxylic acids is 1. The van der Waals surface area contributed by atoms with Crippen LogP contribution in [0.15, 0.2) is 42.2 Å². The minimum Gasteiger partial charge on any atom is -0.364 e. The number of nitrogens with zero attached hydrogens (tertiary/aromatic N) is 2. The molecule has 0 aliphatic carbocycles. The number of hydrogen-bond acceptors (Lipinski definition) is 5. The van der Waals surface area contributed by atoms with Gasteiger partial charge in [0.15, 0.2) is 0 Å². The maximum absolute atomic E-state index is 13.5. The van der Waals surface area contributed by atoms with Gasteiger partial charge in [0.2, 0.25) is 0 Å². The second-order valence-corrected chi connectivity index (χ2v) is 6.08. The predicted octanol–water partition coefficient (Wildman–Crippen LogP) is 3.61. The average molecular weight is 344 g/mol. The topological polar surface area (TPSA) is 92.7 Å². The van der Waals surface area contributed by atoms with Crippen LogP contribution >= 0.6 is 11.8 Å². The van der Waals surface area contributed by atoms with Crippen LogP contribution in [-0.2, 0) is 0 Å². The molecule has 2 heterocycles. The molecular formula is C17H17FN4OS. The van der Waals surface area contributed by atoms with Crippen LogP contribution in [-0.4, -0.2) is 20.9 Å². The van der Waals surface area contributed by atoms with E-state index in [4.69, 9.17) is 11.1 Å². The number of halogens is 1. The Balaban J connectivity index is 2.36. The lowest BCUT2D eigenvalue weighted by Crippen LogP contribution is -2.14. The van der Waals surface area contributed by atoms with E-state index >= 15 is 0 Å². The van der Waals surface area contributed by atoms with Gasteiger partial charge in [-0.1, -0.05) is 30.3 Å². The van der Waals surface area contributed by atoms with Gasteiger partial charge < -0.3 is 5.73 Å². The summed E-state index contributed by atoms with van der Waals surface area (Å²) >= 11 is 1.15. The molecule has 5 nitrogen and oxygen atoms in total. The van der Waals surface area contributed by atoms with Crippen LogP contribution in [0.4, 0.5) is 4.39 Å². The molecule has 0 unspecified atom stereocenters. The highest BCUT2D eigenvalue weighted by Crippen LogP contribution is 2.34. The second-order valence-electron chi connectivity index (χ2n) is 5.06. The number of allylic oxidation sites excluding steroid dienone is 1.